The molecule has 0 radical (unpaired) electrons. The predicted molar refractivity (Wildman–Crippen MR) is 84.8 cm³/mol. The zero-order valence-electron chi connectivity index (χ0n) is 12.4. The minimum atomic E-state index is 0.581. The molecule has 0 aliphatic rings. The van der Waals surface area contributed by atoms with Crippen LogP contribution in [-0.4, -0.2) is 41.0 Å². The molecule has 0 fully saturated rings. The summed E-state index contributed by atoms with van der Waals surface area (Å²) >= 11 is 0. The monoisotopic (exact) mass is 273 g/mol. The summed E-state index contributed by atoms with van der Waals surface area (Å²) in [4.78, 5) is 10.9. The Labute approximate surface area is 120 Å². The third-order valence-corrected chi connectivity index (χ3v) is 3.52. The molecule has 1 aromatic carbocycles. The summed E-state index contributed by atoms with van der Waals surface area (Å²) in [6.07, 6.45) is 2.65. The molecule has 0 bridgehead atoms. The van der Waals surface area contributed by atoms with Gasteiger partial charge in [0.1, 0.15) is 12.1 Å². The lowest BCUT2D eigenvalue weighted by Crippen LogP contribution is -2.28. The van der Waals surface area contributed by atoms with Gasteiger partial charge in [-0.15, -0.1) is 0 Å². The summed E-state index contributed by atoms with van der Waals surface area (Å²) in [5.41, 5.74) is 7.37. The Morgan fingerprint density at radius 2 is 2.10 bits per heavy atom. The standard InChI is InChI=1S/C15H23N5/c1-11(2)20(3)8-4-7-17-15-13-6-5-12(16)9-14(13)18-10-19-15/h5-6,9-11H,4,7-8,16H2,1-3H3,(H,17,18,19). The van der Waals surface area contributed by atoms with Crippen molar-refractivity contribution in [3.05, 3.63) is 24.5 Å². The smallest absolute Gasteiger partial charge is 0.137 e. The number of rotatable bonds is 6. The Hall–Kier alpha value is -1.88. The highest BCUT2D eigenvalue weighted by Crippen LogP contribution is 2.21. The van der Waals surface area contributed by atoms with E-state index in [0.717, 1.165) is 41.9 Å². The number of aromatic nitrogens is 2. The fourth-order valence-electron chi connectivity index (χ4n) is 2.01. The van der Waals surface area contributed by atoms with Crippen molar-refractivity contribution < 1.29 is 0 Å². The fraction of sp³-hybridized carbons (Fsp3) is 0.467. The van der Waals surface area contributed by atoms with E-state index in [1.807, 2.05) is 18.2 Å². The highest BCUT2D eigenvalue weighted by Gasteiger charge is 2.05. The molecule has 5 nitrogen and oxygen atoms in total. The number of hydrogen-bond donors (Lipinski definition) is 2. The summed E-state index contributed by atoms with van der Waals surface area (Å²) in [6, 6.07) is 6.30. The summed E-state index contributed by atoms with van der Waals surface area (Å²) in [5.74, 6) is 0.877. The van der Waals surface area contributed by atoms with Gasteiger partial charge in [-0.05, 0) is 52.1 Å². The molecule has 0 aliphatic heterocycles. The van der Waals surface area contributed by atoms with Crippen molar-refractivity contribution in [3.63, 3.8) is 0 Å². The van der Waals surface area contributed by atoms with Crippen molar-refractivity contribution >= 4 is 22.4 Å². The van der Waals surface area contributed by atoms with Crippen molar-refractivity contribution in [1.82, 2.24) is 14.9 Å². The number of nitrogens with zero attached hydrogens (tertiary/aromatic N) is 3. The Bertz CT molecular complexity index is 567. The summed E-state index contributed by atoms with van der Waals surface area (Å²) in [7, 11) is 2.15. The second kappa shape index (κ2) is 6.52. The maximum atomic E-state index is 5.77. The Morgan fingerprint density at radius 3 is 2.85 bits per heavy atom. The lowest BCUT2D eigenvalue weighted by atomic mass is 10.2. The number of nitrogens with two attached hydrogens (primary N) is 1. The van der Waals surface area contributed by atoms with Crippen LogP contribution in [0.15, 0.2) is 24.5 Å². The molecule has 1 heterocycles. The third-order valence-electron chi connectivity index (χ3n) is 3.52. The van der Waals surface area contributed by atoms with Crippen LogP contribution in [0.1, 0.15) is 20.3 Å². The molecular weight excluding hydrogens is 250 g/mol. The molecule has 2 rings (SSSR count). The SMILES string of the molecule is CC(C)N(C)CCCNc1ncnc2cc(N)ccc12. The third kappa shape index (κ3) is 3.57. The van der Waals surface area contributed by atoms with Crippen LogP contribution in [0.2, 0.25) is 0 Å². The molecular formula is C15H23N5. The van der Waals surface area contributed by atoms with E-state index in [1.54, 1.807) is 6.33 Å². The average molecular weight is 273 g/mol. The van der Waals surface area contributed by atoms with Crippen LogP contribution in [0.5, 0.6) is 0 Å². The molecule has 1 aromatic heterocycles. The molecule has 0 spiro atoms. The molecule has 3 N–H and O–H groups in total. The molecule has 0 saturated carbocycles. The number of anilines is 2. The molecule has 0 aliphatic carbocycles. The van der Waals surface area contributed by atoms with E-state index >= 15 is 0 Å². The summed E-state index contributed by atoms with van der Waals surface area (Å²) < 4.78 is 0. The van der Waals surface area contributed by atoms with Crippen LogP contribution >= 0.6 is 0 Å². The van der Waals surface area contributed by atoms with Crippen LogP contribution < -0.4 is 11.1 Å². The van der Waals surface area contributed by atoms with Crippen molar-refractivity contribution in [3.8, 4) is 0 Å². The number of nitrogen functional groups attached to an aromatic ring is 1. The van der Waals surface area contributed by atoms with E-state index in [-0.39, 0.29) is 0 Å². The van der Waals surface area contributed by atoms with Crippen molar-refractivity contribution in [1.29, 1.82) is 0 Å². The molecule has 0 unspecified atom stereocenters. The fourth-order valence-corrected chi connectivity index (χ4v) is 2.01. The lowest BCUT2D eigenvalue weighted by Gasteiger charge is -2.20. The molecule has 0 amide bonds. The Balaban J connectivity index is 1.97. The van der Waals surface area contributed by atoms with Gasteiger partial charge in [0.05, 0.1) is 5.52 Å². The highest BCUT2D eigenvalue weighted by atomic mass is 15.1. The highest BCUT2D eigenvalue weighted by molar-refractivity contribution is 5.90. The van der Waals surface area contributed by atoms with Crippen LogP contribution in [0, 0.1) is 0 Å². The molecule has 108 valence electrons. The van der Waals surface area contributed by atoms with Gasteiger partial charge in [0.25, 0.3) is 0 Å². The number of nitrogens with one attached hydrogen (secondary N) is 1. The normalized spacial score (nSPS) is 11.4. The van der Waals surface area contributed by atoms with E-state index in [0.29, 0.717) is 6.04 Å². The second-order valence-corrected chi connectivity index (χ2v) is 5.35. The number of hydrogen-bond acceptors (Lipinski definition) is 5. The van der Waals surface area contributed by atoms with Crippen LogP contribution in [-0.2, 0) is 0 Å². The first kappa shape index (κ1) is 14.5. The van der Waals surface area contributed by atoms with Crippen LogP contribution in [0.3, 0.4) is 0 Å². The molecule has 0 atom stereocenters. The Morgan fingerprint density at radius 1 is 1.30 bits per heavy atom. The van der Waals surface area contributed by atoms with Gasteiger partial charge in [-0.2, -0.15) is 0 Å². The van der Waals surface area contributed by atoms with Gasteiger partial charge in [-0.3, -0.25) is 0 Å². The lowest BCUT2D eigenvalue weighted by molar-refractivity contribution is 0.273. The van der Waals surface area contributed by atoms with E-state index in [4.69, 9.17) is 5.73 Å². The van der Waals surface area contributed by atoms with Gasteiger partial charge < -0.3 is 16.0 Å². The van der Waals surface area contributed by atoms with Gasteiger partial charge in [-0.1, -0.05) is 0 Å². The van der Waals surface area contributed by atoms with E-state index < -0.39 is 0 Å². The zero-order valence-corrected chi connectivity index (χ0v) is 12.4. The second-order valence-electron chi connectivity index (χ2n) is 5.35. The minimum Gasteiger partial charge on any atom is -0.399 e. The Kier molecular flexibility index (Phi) is 4.74. The van der Waals surface area contributed by atoms with E-state index in [9.17, 15) is 0 Å². The first-order valence-electron chi connectivity index (χ1n) is 7.02. The molecule has 0 saturated heterocycles. The predicted octanol–water partition coefficient (Wildman–Crippen LogP) is 2.35. The molecule has 5 heteroatoms. The first-order valence-corrected chi connectivity index (χ1v) is 7.02. The van der Waals surface area contributed by atoms with Gasteiger partial charge >= 0.3 is 0 Å². The van der Waals surface area contributed by atoms with Gasteiger partial charge in [0.15, 0.2) is 0 Å². The quantitative estimate of drug-likeness (QED) is 0.624. The van der Waals surface area contributed by atoms with Crippen molar-refractivity contribution in [2.75, 3.05) is 31.2 Å². The van der Waals surface area contributed by atoms with E-state index in [1.165, 1.54) is 0 Å². The van der Waals surface area contributed by atoms with Crippen LogP contribution in [0.25, 0.3) is 10.9 Å². The first-order chi connectivity index (χ1) is 9.58. The molecule has 2 aromatic rings. The summed E-state index contributed by atoms with van der Waals surface area (Å²) in [6.45, 7) is 6.37. The van der Waals surface area contributed by atoms with Gasteiger partial charge in [0, 0.05) is 23.7 Å². The number of benzene rings is 1. The average Bonchev–Trinajstić information content (AvgIpc) is 2.42. The molecule has 20 heavy (non-hydrogen) atoms. The summed E-state index contributed by atoms with van der Waals surface area (Å²) in [5, 5.41) is 4.40. The van der Waals surface area contributed by atoms with Crippen LogP contribution in [0.4, 0.5) is 11.5 Å². The maximum Gasteiger partial charge on any atom is 0.137 e. The minimum absolute atomic E-state index is 0.581. The van der Waals surface area contributed by atoms with Crippen molar-refractivity contribution in [2.24, 2.45) is 0 Å². The topological polar surface area (TPSA) is 67.1 Å². The van der Waals surface area contributed by atoms with Gasteiger partial charge in [-0.25, -0.2) is 9.97 Å². The van der Waals surface area contributed by atoms with Gasteiger partial charge in [0.2, 0.25) is 0 Å². The number of fused-ring (bicyclic) bond motifs is 1. The largest absolute Gasteiger partial charge is 0.399 e. The zero-order chi connectivity index (χ0) is 14.5. The van der Waals surface area contributed by atoms with Crippen molar-refractivity contribution in [2.45, 2.75) is 26.3 Å². The van der Waals surface area contributed by atoms with E-state index in [2.05, 4.69) is 41.1 Å². The maximum absolute atomic E-state index is 5.77.